The summed E-state index contributed by atoms with van der Waals surface area (Å²) < 4.78 is 0. The second kappa shape index (κ2) is 6.19. The van der Waals surface area contributed by atoms with Gasteiger partial charge in [0.15, 0.2) is 0 Å². The molecule has 0 aliphatic carbocycles. The number of rotatable bonds is 4. The number of phenolic OH excluding ortho intramolecular Hbond substituents is 1. The van der Waals surface area contributed by atoms with Crippen LogP contribution in [0.25, 0.3) is 0 Å². The summed E-state index contributed by atoms with van der Waals surface area (Å²) in [4.78, 5) is 2.51. The van der Waals surface area contributed by atoms with E-state index in [0.717, 1.165) is 25.2 Å². The fourth-order valence-electron chi connectivity index (χ4n) is 3.07. The van der Waals surface area contributed by atoms with Crippen LogP contribution in [0.5, 0.6) is 5.75 Å². The van der Waals surface area contributed by atoms with E-state index in [1.807, 2.05) is 12.1 Å². The van der Waals surface area contributed by atoms with Crippen molar-refractivity contribution in [1.29, 1.82) is 0 Å². The molecule has 110 valence electrons. The van der Waals surface area contributed by atoms with Crippen molar-refractivity contribution in [2.45, 2.75) is 32.0 Å². The molecular weight excluding hydrogens is 260 g/mol. The van der Waals surface area contributed by atoms with Crippen LogP contribution in [-0.4, -0.2) is 28.6 Å². The minimum Gasteiger partial charge on any atom is -0.508 e. The molecule has 1 aliphatic rings. The Morgan fingerprint density at radius 1 is 1.14 bits per heavy atom. The number of hydrogen-bond acceptors (Lipinski definition) is 3. The van der Waals surface area contributed by atoms with Crippen molar-refractivity contribution in [2.75, 3.05) is 11.9 Å². The van der Waals surface area contributed by atoms with Gasteiger partial charge in [0.1, 0.15) is 5.75 Å². The second-order valence-corrected chi connectivity index (χ2v) is 5.89. The highest BCUT2D eigenvalue weighted by Gasteiger charge is 2.28. The lowest BCUT2D eigenvalue weighted by Crippen LogP contribution is -2.28. The minimum atomic E-state index is 0.312. The number of hydrogen-bond donors (Lipinski definition) is 2. The van der Waals surface area contributed by atoms with E-state index in [1.165, 1.54) is 5.56 Å². The molecule has 2 unspecified atom stereocenters. The molecule has 0 radical (unpaired) electrons. The van der Waals surface area contributed by atoms with E-state index in [-0.39, 0.29) is 0 Å². The van der Waals surface area contributed by atoms with Crippen LogP contribution in [-0.2, 0) is 6.54 Å². The van der Waals surface area contributed by atoms with Crippen LogP contribution in [0.15, 0.2) is 54.6 Å². The summed E-state index contributed by atoms with van der Waals surface area (Å²) in [6.07, 6.45) is 1.13. The van der Waals surface area contributed by atoms with Gasteiger partial charge in [0.25, 0.3) is 0 Å². The Balaban J connectivity index is 1.61. The summed E-state index contributed by atoms with van der Waals surface area (Å²) in [5.41, 5.74) is 2.36. The fourth-order valence-corrected chi connectivity index (χ4v) is 3.07. The van der Waals surface area contributed by atoms with E-state index in [1.54, 1.807) is 12.1 Å². The molecule has 0 aromatic heterocycles. The molecule has 2 atom stereocenters. The summed E-state index contributed by atoms with van der Waals surface area (Å²) in [5.74, 6) is 0.312. The topological polar surface area (TPSA) is 35.5 Å². The number of aromatic hydroxyl groups is 1. The largest absolute Gasteiger partial charge is 0.508 e. The number of anilines is 1. The number of likely N-dealkylation sites (tertiary alicyclic amines) is 1. The van der Waals surface area contributed by atoms with Crippen LogP contribution in [0.4, 0.5) is 5.69 Å². The first-order valence-corrected chi connectivity index (χ1v) is 7.54. The Morgan fingerprint density at radius 2 is 1.95 bits per heavy atom. The normalized spacial score (nSPS) is 22.3. The maximum absolute atomic E-state index is 9.54. The Bertz CT molecular complexity index is 585. The molecule has 2 aromatic rings. The monoisotopic (exact) mass is 282 g/mol. The summed E-state index contributed by atoms with van der Waals surface area (Å²) in [6, 6.07) is 19.0. The second-order valence-electron chi connectivity index (χ2n) is 5.89. The van der Waals surface area contributed by atoms with Gasteiger partial charge in [0.05, 0.1) is 0 Å². The van der Waals surface area contributed by atoms with Crippen molar-refractivity contribution >= 4 is 5.69 Å². The lowest BCUT2D eigenvalue weighted by Gasteiger charge is -2.21. The lowest BCUT2D eigenvalue weighted by atomic mass is 10.1. The van der Waals surface area contributed by atoms with Crippen LogP contribution >= 0.6 is 0 Å². The van der Waals surface area contributed by atoms with E-state index in [9.17, 15) is 5.11 Å². The zero-order valence-corrected chi connectivity index (χ0v) is 12.4. The third-order valence-corrected chi connectivity index (χ3v) is 4.15. The third kappa shape index (κ3) is 3.56. The predicted molar refractivity (Wildman–Crippen MR) is 86.4 cm³/mol. The summed E-state index contributed by atoms with van der Waals surface area (Å²) in [6.45, 7) is 4.32. The van der Waals surface area contributed by atoms with Gasteiger partial charge in [-0.3, -0.25) is 4.90 Å². The first-order chi connectivity index (χ1) is 10.2. The van der Waals surface area contributed by atoms with Crippen molar-refractivity contribution < 1.29 is 5.11 Å². The van der Waals surface area contributed by atoms with Crippen molar-refractivity contribution in [2.24, 2.45) is 0 Å². The smallest absolute Gasteiger partial charge is 0.117 e. The highest BCUT2D eigenvalue weighted by molar-refractivity contribution is 5.48. The van der Waals surface area contributed by atoms with Crippen LogP contribution in [0, 0.1) is 0 Å². The molecule has 1 saturated heterocycles. The zero-order valence-electron chi connectivity index (χ0n) is 12.4. The molecule has 0 spiro atoms. The van der Waals surface area contributed by atoms with E-state index in [0.29, 0.717) is 17.8 Å². The minimum absolute atomic E-state index is 0.312. The van der Waals surface area contributed by atoms with Gasteiger partial charge in [-0.1, -0.05) is 36.4 Å². The number of nitrogens with zero attached hydrogens (tertiary/aromatic N) is 1. The molecule has 1 aliphatic heterocycles. The van der Waals surface area contributed by atoms with Gasteiger partial charge in [0, 0.05) is 36.9 Å². The Morgan fingerprint density at radius 3 is 2.71 bits per heavy atom. The SMILES string of the molecule is CC1CC(Nc2cccc(O)c2)CN1Cc1ccccc1. The van der Waals surface area contributed by atoms with Crippen molar-refractivity contribution in [3.63, 3.8) is 0 Å². The number of nitrogens with one attached hydrogen (secondary N) is 1. The fraction of sp³-hybridized carbons (Fsp3) is 0.333. The van der Waals surface area contributed by atoms with E-state index < -0.39 is 0 Å². The molecule has 0 amide bonds. The first kappa shape index (κ1) is 14.0. The molecular formula is C18H22N2O. The number of phenols is 1. The van der Waals surface area contributed by atoms with Crippen LogP contribution < -0.4 is 5.32 Å². The van der Waals surface area contributed by atoms with Crippen LogP contribution in [0.2, 0.25) is 0 Å². The van der Waals surface area contributed by atoms with Gasteiger partial charge >= 0.3 is 0 Å². The third-order valence-electron chi connectivity index (χ3n) is 4.15. The molecule has 0 bridgehead atoms. The van der Waals surface area contributed by atoms with E-state index in [4.69, 9.17) is 0 Å². The molecule has 3 nitrogen and oxygen atoms in total. The van der Waals surface area contributed by atoms with Crippen molar-refractivity contribution in [1.82, 2.24) is 4.90 Å². The number of benzene rings is 2. The average Bonchev–Trinajstić information content (AvgIpc) is 2.80. The lowest BCUT2D eigenvalue weighted by molar-refractivity contribution is 0.259. The molecule has 3 heteroatoms. The molecule has 0 saturated carbocycles. The standard InChI is InChI=1S/C18H22N2O/c1-14-10-17(19-16-8-5-9-18(21)11-16)13-20(14)12-15-6-3-2-4-7-15/h2-9,11,14,17,19,21H,10,12-13H2,1H3. The Hall–Kier alpha value is -2.00. The highest BCUT2D eigenvalue weighted by atomic mass is 16.3. The highest BCUT2D eigenvalue weighted by Crippen LogP contribution is 2.24. The molecule has 1 fully saturated rings. The Kier molecular flexibility index (Phi) is 4.11. The zero-order chi connectivity index (χ0) is 14.7. The van der Waals surface area contributed by atoms with Gasteiger partial charge < -0.3 is 10.4 Å². The summed E-state index contributed by atoms with van der Waals surface area (Å²) in [5, 5.41) is 13.1. The quantitative estimate of drug-likeness (QED) is 0.901. The molecule has 2 N–H and O–H groups in total. The van der Waals surface area contributed by atoms with E-state index in [2.05, 4.69) is 47.5 Å². The van der Waals surface area contributed by atoms with Crippen molar-refractivity contribution in [3.8, 4) is 5.75 Å². The van der Waals surface area contributed by atoms with Gasteiger partial charge in [-0.25, -0.2) is 0 Å². The Labute approximate surface area is 126 Å². The first-order valence-electron chi connectivity index (χ1n) is 7.54. The molecule has 3 rings (SSSR count). The molecule has 1 heterocycles. The average molecular weight is 282 g/mol. The van der Waals surface area contributed by atoms with Gasteiger partial charge in [-0.2, -0.15) is 0 Å². The van der Waals surface area contributed by atoms with Crippen LogP contribution in [0.1, 0.15) is 18.9 Å². The van der Waals surface area contributed by atoms with Gasteiger partial charge in [-0.15, -0.1) is 0 Å². The predicted octanol–water partition coefficient (Wildman–Crippen LogP) is 3.47. The maximum Gasteiger partial charge on any atom is 0.117 e. The summed E-state index contributed by atoms with van der Waals surface area (Å²) in [7, 11) is 0. The molecule has 21 heavy (non-hydrogen) atoms. The van der Waals surface area contributed by atoms with Crippen molar-refractivity contribution in [3.05, 3.63) is 60.2 Å². The van der Waals surface area contributed by atoms with Gasteiger partial charge in [-0.05, 0) is 31.0 Å². The van der Waals surface area contributed by atoms with E-state index >= 15 is 0 Å². The molecule has 2 aromatic carbocycles. The van der Waals surface area contributed by atoms with Gasteiger partial charge in [0.2, 0.25) is 0 Å². The maximum atomic E-state index is 9.54. The van der Waals surface area contributed by atoms with Crippen LogP contribution in [0.3, 0.4) is 0 Å². The summed E-state index contributed by atoms with van der Waals surface area (Å²) >= 11 is 0.